The first-order chi connectivity index (χ1) is 10.1. The summed E-state index contributed by atoms with van der Waals surface area (Å²) in [6, 6.07) is 9.13. The van der Waals surface area contributed by atoms with Gasteiger partial charge in [-0.1, -0.05) is 23.7 Å². The predicted octanol–water partition coefficient (Wildman–Crippen LogP) is 3.56. The number of benzene rings is 1. The predicted molar refractivity (Wildman–Crippen MR) is 79.2 cm³/mol. The Kier molecular flexibility index (Phi) is 3.23. The van der Waals surface area contributed by atoms with Gasteiger partial charge < -0.3 is 0 Å². The molecule has 0 saturated heterocycles. The molecule has 3 aromatic rings. The molecule has 0 fully saturated rings. The molecule has 104 valence electrons. The van der Waals surface area contributed by atoms with Crippen molar-refractivity contribution >= 4 is 28.2 Å². The highest BCUT2D eigenvalue weighted by Crippen LogP contribution is 2.33. The van der Waals surface area contributed by atoms with Crippen LogP contribution in [0, 0.1) is 17.0 Å². The minimum Gasteiger partial charge on any atom is -0.258 e. The molecule has 1 aromatic carbocycles. The zero-order chi connectivity index (χ0) is 15.0. The van der Waals surface area contributed by atoms with E-state index in [1.54, 1.807) is 18.2 Å². The molecule has 0 unspecified atom stereocenters. The van der Waals surface area contributed by atoms with E-state index in [4.69, 9.17) is 11.6 Å². The molecular formula is C14H9ClN4O2. The molecule has 0 aliphatic rings. The van der Waals surface area contributed by atoms with E-state index in [2.05, 4.69) is 15.0 Å². The maximum Gasteiger partial charge on any atom is 0.332 e. The van der Waals surface area contributed by atoms with Crippen molar-refractivity contribution in [2.24, 2.45) is 0 Å². The first kappa shape index (κ1) is 13.4. The van der Waals surface area contributed by atoms with E-state index in [-0.39, 0.29) is 16.5 Å². The molecule has 7 heteroatoms. The van der Waals surface area contributed by atoms with Gasteiger partial charge in [0.05, 0.1) is 10.4 Å². The second-order valence-corrected chi connectivity index (χ2v) is 4.84. The Balaban J connectivity index is 2.24. The number of hydrogen-bond acceptors (Lipinski definition) is 5. The zero-order valence-electron chi connectivity index (χ0n) is 10.9. The first-order valence-corrected chi connectivity index (χ1v) is 6.47. The van der Waals surface area contributed by atoms with Gasteiger partial charge in [0.1, 0.15) is 6.33 Å². The molecule has 0 atom stereocenters. The van der Waals surface area contributed by atoms with Gasteiger partial charge in [0.15, 0.2) is 5.69 Å². The van der Waals surface area contributed by atoms with Crippen LogP contribution in [0.1, 0.15) is 5.69 Å². The van der Waals surface area contributed by atoms with Crippen LogP contribution in [0.2, 0.25) is 5.15 Å². The lowest BCUT2D eigenvalue weighted by atomic mass is 10.1. The third-order valence-corrected chi connectivity index (χ3v) is 3.34. The Hall–Kier alpha value is -2.60. The average Bonchev–Trinajstić information content (AvgIpc) is 2.46. The summed E-state index contributed by atoms with van der Waals surface area (Å²) in [5, 5.41) is 11.9. The monoisotopic (exact) mass is 300 g/mol. The number of halogens is 1. The minimum atomic E-state index is -0.574. The third kappa shape index (κ3) is 2.41. The SMILES string of the molecule is Cc1ccc2cc(-c3ncnc(Cl)c3[N+](=O)[O-])ccc2n1. The van der Waals surface area contributed by atoms with Crippen molar-refractivity contribution in [2.45, 2.75) is 6.92 Å². The van der Waals surface area contributed by atoms with Gasteiger partial charge >= 0.3 is 5.69 Å². The number of aryl methyl sites for hydroxylation is 1. The van der Waals surface area contributed by atoms with Crippen LogP contribution >= 0.6 is 11.6 Å². The summed E-state index contributed by atoms with van der Waals surface area (Å²) < 4.78 is 0. The van der Waals surface area contributed by atoms with Crippen LogP contribution in [0.25, 0.3) is 22.2 Å². The van der Waals surface area contributed by atoms with Crippen LogP contribution < -0.4 is 0 Å². The average molecular weight is 301 g/mol. The fraction of sp³-hybridized carbons (Fsp3) is 0.0714. The van der Waals surface area contributed by atoms with Crippen molar-refractivity contribution in [1.82, 2.24) is 15.0 Å². The minimum absolute atomic E-state index is 0.174. The summed E-state index contributed by atoms with van der Waals surface area (Å²) in [6.45, 7) is 1.91. The fourth-order valence-electron chi connectivity index (χ4n) is 2.11. The van der Waals surface area contributed by atoms with Crippen molar-refractivity contribution in [3.8, 4) is 11.3 Å². The fourth-order valence-corrected chi connectivity index (χ4v) is 2.31. The second-order valence-electron chi connectivity index (χ2n) is 4.48. The lowest BCUT2D eigenvalue weighted by Gasteiger charge is -2.05. The number of aromatic nitrogens is 3. The van der Waals surface area contributed by atoms with Gasteiger partial charge in [0.25, 0.3) is 0 Å². The molecule has 0 saturated carbocycles. The smallest absolute Gasteiger partial charge is 0.258 e. The van der Waals surface area contributed by atoms with Gasteiger partial charge in [-0.3, -0.25) is 15.1 Å². The van der Waals surface area contributed by atoms with E-state index in [1.807, 2.05) is 19.1 Å². The van der Waals surface area contributed by atoms with Crippen LogP contribution in [0.5, 0.6) is 0 Å². The maximum atomic E-state index is 11.2. The summed E-state index contributed by atoms with van der Waals surface area (Å²) in [5.74, 6) is 0. The van der Waals surface area contributed by atoms with Gasteiger partial charge in [0.2, 0.25) is 5.15 Å². The molecular weight excluding hydrogens is 292 g/mol. The Labute approximate surface area is 124 Å². The summed E-state index contributed by atoms with van der Waals surface area (Å²) >= 11 is 5.81. The van der Waals surface area contributed by atoms with E-state index in [0.29, 0.717) is 5.56 Å². The van der Waals surface area contributed by atoms with Crippen LogP contribution in [0.15, 0.2) is 36.7 Å². The highest BCUT2D eigenvalue weighted by molar-refractivity contribution is 6.31. The Morgan fingerprint density at radius 1 is 1.19 bits per heavy atom. The van der Waals surface area contributed by atoms with Gasteiger partial charge in [-0.25, -0.2) is 9.97 Å². The molecule has 0 aliphatic heterocycles. The normalized spacial score (nSPS) is 10.8. The molecule has 3 rings (SSSR count). The molecule has 0 amide bonds. The zero-order valence-corrected chi connectivity index (χ0v) is 11.7. The van der Waals surface area contributed by atoms with Gasteiger partial charge in [-0.05, 0) is 25.1 Å². The molecule has 0 bridgehead atoms. The van der Waals surface area contributed by atoms with Crippen LogP contribution in [0.3, 0.4) is 0 Å². The number of hydrogen-bond donors (Lipinski definition) is 0. The van der Waals surface area contributed by atoms with Crippen molar-refractivity contribution in [3.63, 3.8) is 0 Å². The van der Waals surface area contributed by atoms with Gasteiger partial charge in [-0.15, -0.1) is 0 Å². The van der Waals surface area contributed by atoms with Crippen molar-refractivity contribution in [1.29, 1.82) is 0 Å². The molecule has 2 aromatic heterocycles. The Morgan fingerprint density at radius 2 is 2.00 bits per heavy atom. The molecule has 0 aliphatic carbocycles. The standard InChI is InChI=1S/C14H9ClN4O2/c1-8-2-3-9-6-10(4-5-11(9)18-8)12-13(19(20)21)14(15)17-7-16-12/h2-7H,1H3. The summed E-state index contributed by atoms with van der Waals surface area (Å²) in [4.78, 5) is 22.6. The van der Waals surface area contributed by atoms with Crippen molar-refractivity contribution < 1.29 is 4.92 Å². The van der Waals surface area contributed by atoms with E-state index in [9.17, 15) is 10.1 Å². The first-order valence-electron chi connectivity index (χ1n) is 6.09. The molecule has 0 spiro atoms. The third-order valence-electron chi connectivity index (χ3n) is 3.06. The molecule has 2 heterocycles. The van der Waals surface area contributed by atoms with E-state index < -0.39 is 4.92 Å². The summed E-state index contributed by atoms with van der Waals surface area (Å²) in [5.41, 5.74) is 2.23. The molecule has 0 N–H and O–H groups in total. The summed E-state index contributed by atoms with van der Waals surface area (Å²) in [6.07, 6.45) is 1.21. The van der Waals surface area contributed by atoms with Crippen LogP contribution in [-0.2, 0) is 0 Å². The number of fused-ring (bicyclic) bond motifs is 1. The number of nitrogens with zero attached hydrogens (tertiary/aromatic N) is 4. The molecule has 0 radical (unpaired) electrons. The van der Waals surface area contributed by atoms with Crippen molar-refractivity contribution in [2.75, 3.05) is 0 Å². The highest BCUT2D eigenvalue weighted by atomic mass is 35.5. The highest BCUT2D eigenvalue weighted by Gasteiger charge is 2.22. The van der Waals surface area contributed by atoms with Gasteiger partial charge in [-0.2, -0.15) is 0 Å². The van der Waals surface area contributed by atoms with E-state index in [1.165, 1.54) is 6.33 Å². The quantitative estimate of drug-likeness (QED) is 0.410. The summed E-state index contributed by atoms with van der Waals surface area (Å²) in [7, 11) is 0. The lowest BCUT2D eigenvalue weighted by molar-refractivity contribution is -0.384. The van der Waals surface area contributed by atoms with E-state index in [0.717, 1.165) is 16.6 Å². The van der Waals surface area contributed by atoms with Crippen molar-refractivity contribution in [3.05, 3.63) is 57.6 Å². The van der Waals surface area contributed by atoms with E-state index >= 15 is 0 Å². The number of pyridine rings is 1. The second kappa shape index (κ2) is 5.06. The van der Waals surface area contributed by atoms with Gasteiger partial charge in [0, 0.05) is 16.6 Å². The molecule has 6 nitrogen and oxygen atoms in total. The largest absolute Gasteiger partial charge is 0.332 e. The number of nitro groups is 1. The van der Waals surface area contributed by atoms with Crippen LogP contribution in [0.4, 0.5) is 5.69 Å². The Morgan fingerprint density at radius 3 is 2.76 bits per heavy atom. The maximum absolute atomic E-state index is 11.2. The molecule has 21 heavy (non-hydrogen) atoms. The number of rotatable bonds is 2. The topological polar surface area (TPSA) is 81.8 Å². The Bertz CT molecular complexity index is 867. The lowest BCUT2D eigenvalue weighted by Crippen LogP contribution is -1.97. The van der Waals surface area contributed by atoms with Crippen LogP contribution in [-0.4, -0.2) is 19.9 Å².